The van der Waals surface area contributed by atoms with Gasteiger partial charge in [-0.1, -0.05) is 47.6 Å². The van der Waals surface area contributed by atoms with E-state index in [1.54, 1.807) is 0 Å². The van der Waals surface area contributed by atoms with Crippen molar-refractivity contribution in [3.63, 3.8) is 0 Å². The molecule has 0 bridgehead atoms. The van der Waals surface area contributed by atoms with Crippen molar-refractivity contribution in [1.82, 2.24) is 25.1 Å². The molecule has 0 fully saturated rings. The molecule has 5 aromatic rings. The summed E-state index contributed by atoms with van der Waals surface area (Å²) >= 11 is 7.50. The highest BCUT2D eigenvalue weighted by molar-refractivity contribution is 8.00. The van der Waals surface area contributed by atoms with Crippen LogP contribution in [0.25, 0.3) is 28.0 Å². The first-order valence-electron chi connectivity index (χ1n) is 11.7. The minimum absolute atomic E-state index is 0.109. The highest BCUT2D eigenvalue weighted by Crippen LogP contribution is 2.35. The summed E-state index contributed by atoms with van der Waals surface area (Å²) in [5.41, 5.74) is 3.71. The zero-order valence-electron chi connectivity index (χ0n) is 19.8. The molecule has 1 amide bonds. The lowest BCUT2D eigenvalue weighted by Crippen LogP contribution is -2.30. The van der Waals surface area contributed by atoms with Crippen LogP contribution in [0.1, 0.15) is 12.5 Å². The van der Waals surface area contributed by atoms with E-state index in [1.807, 2.05) is 84.4 Å². The molecule has 10 heteroatoms. The molecule has 1 aliphatic rings. The molecule has 3 aromatic carbocycles. The Morgan fingerprint density at radius 1 is 1.11 bits per heavy atom. The standard InChI is InChI=1S/C27H22ClN5O3S/c1-16(26(34)30-13-17-6-11-23-24(12-17)36-15-35-23)37-27-32-31-25(33(27)19-9-7-18(28)8-10-19)21-14-29-22-5-3-2-4-20(21)22/h2-12,14,16,29H,13,15H2,1H3,(H,30,34). The SMILES string of the molecule is CC(Sc1nnc(-c2c[nH]c3ccccc23)n1-c1ccc(Cl)cc1)C(=O)NCc1ccc2c(c1)OCO2. The zero-order chi connectivity index (χ0) is 25.4. The molecule has 8 nitrogen and oxygen atoms in total. The summed E-state index contributed by atoms with van der Waals surface area (Å²) in [6.45, 7) is 2.45. The van der Waals surface area contributed by atoms with Crippen molar-refractivity contribution >= 4 is 40.2 Å². The molecule has 0 radical (unpaired) electrons. The average Bonchev–Trinajstić information content (AvgIpc) is 3.65. The van der Waals surface area contributed by atoms with Crippen molar-refractivity contribution in [3.8, 4) is 28.6 Å². The fourth-order valence-corrected chi connectivity index (χ4v) is 5.21. The highest BCUT2D eigenvalue weighted by Gasteiger charge is 2.23. The Morgan fingerprint density at radius 3 is 2.78 bits per heavy atom. The van der Waals surface area contributed by atoms with Gasteiger partial charge >= 0.3 is 0 Å². The van der Waals surface area contributed by atoms with Crippen LogP contribution in [0.15, 0.2) is 78.1 Å². The maximum atomic E-state index is 13.0. The van der Waals surface area contributed by atoms with E-state index in [-0.39, 0.29) is 12.7 Å². The number of amides is 1. The lowest BCUT2D eigenvalue weighted by molar-refractivity contribution is -0.120. The second-order valence-corrected chi connectivity index (χ2v) is 10.3. The van der Waals surface area contributed by atoms with E-state index in [1.165, 1.54) is 11.8 Å². The first kappa shape index (κ1) is 23.4. The van der Waals surface area contributed by atoms with E-state index >= 15 is 0 Å². The van der Waals surface area contributed by atoms with Gasteiger partial charge in [-0.05, 0) is 55.0 Å². The van der Waals surface area contributed by atoms with Crippen LogP contribution in [0.4, 0.5) is 0 Å². The van der Waals surface area contributed by atoms with Crippen LogP contribution >= 0.6 is 23.4 Å². The fourth-order valence-electron chi connectivity index (χ4n) is 4.20. The summed E-state index contributed by atoms with van der Waals surface area (Å²) in [4.78, 5) is 16.3. The largest absolute Gasteiger partial charge is 0.454 e. The third kappa shape index (κ3) is 4.63. The van der Waals surface area contributed by atoms with E-state index in [2.05, 4.69) is 20.5 Å². The van der Waals surface area contributed by atoms with Gasteiger partial charge in [0.05, 0.1) is 5.25 Å². The van der Waals surface area contributed by atoms with Crippen molar-refractivity contribution in [2.45, 2.75) is 23.9 Å². The number of H-pyrrole nitrogens is 1. The van der Waals surface area contributed by atoms with Crippen LogP contribution in [0.5, 0.6) is 11.5 Å². The topological polar surface area (TPSA) is 94.1 Å². The van der Waals surface area contributed by atoms with Gasteiger partial charge in [0.2, 0.25) is 12.7 Å². The number of nitrogens with one attached hydrogen (secondary N) is 2. The van der Waals surface area contributed by atoms with E-state index in [0.29, 0.717) is 34.0 Å². The first-order chi connectivity index (χ1) is 18.1. The van der Waals surface area contributed by atoms with E-state index in [9.17, 15) is 4.79 Å². The zero-order valence-corrected chi connectivity index (χ0v) is 21.3. The van der Waals surface area contributed by atoms with Crippen molar-refractivity contribution in [2.75, 3.05) is 6.79 Å². The average molecular weight is 532 g/mol. The molecule has 0 aliphatic carbocycles. The molecular formula is C27H22ClN5O3S. The second-order valence-electron chi connectivity index (χ2n) is 8.53. The van der Waals surface area contributed by atoms with Gasteiger partial charge in [0.15, 0.2) is 22.5 Å². The van der Waals surface area contributed by atoms with E-state index in [4.69, 9.17) is 21.1 Å². The first-order valence-corrected chi connectivity index (χ1v) is 12.9. The molecule has 3 heterocycles. The van der Waals surface area contributed by atoms with Gasteiger partial charge in [-0.25, -0.2) is 0 Å². The molecule has 0 spiro atoms. The molecule has 2 aromatic heterocycles. The summed E-state index contributed by atoms with van der Waals surface area (Å²) < 4.78 is 12.7. The third-order valence-corrected chi connectivity index (χ3v) is 7.40. The predicted molar refractivity (Wildman–Crippen MR) is 143 cm³/mol. The number of halogens is 1. The number of carbonyl (C=O) groups excluding carboxylic acids is 1. The molecule has 0 saturated heterocycles. The molecule has 37 heavy (non-hydrogen) atoms. The van der Waals surface area contributed by atoms with Crippen molar-refractivity contribution in [3.05, 3.63) is 83.5 Å². The number of thioether (sulfide) groups is 1. The smallest absolute Gasteiger partial charge is 0.233 e. The molecule has 6 rings (SSSR count). The highest BCUT2D eigenvalue weighted by atomic mass is 35.5. The van der Waals surface area contributed by atoms with Crippen molar-refractivity contribution < 1.29 is 14.3 Å². The monoisotopic (exact) mass is 531 g/mol. The van der Waals surface area contributed by atoms with Crippen molar-refractivity contribution in [2.24, 2.45) is 0 Å². The van der Waals surface area contributed by atoms with Crippen LogP contribution in [0.3, 0.4) is 0 Å². The number of para-hydroxylation sites is 1. The molecule has 1 atom stereocenters. The Morgan fingerprint density at radius 2 is 1.92 bits per heavy atom. The minimum atomic E-state index is -0.417. The molecule has 0 saturated carbocycles. The van der Waals surface area contributed by atoms with Gasteiger partial charge in [-0.15, -0.1) is 10.2 Å². The minimum Gasteiger partial charge on any atom is -0.454 e. The summed E-state index contributed by atoms with van der Waals surface area (Å²) in [6, 6.07) is 21.2. The van der Waals surface area contributed by atoms with Gasteiger partial charge < -0.3 is 19.8 Å². The summed E-state index contributed by atoms with van der Waals surface area (Å²) in [6.07, 6.45) is 1.93. The summed E-state index contributed by atoms with van der Waals surface area (Å²) in [7, 11) is 0. The Hall–Kier alpha value is -3.95. The maximum absolute atomic E-state index is 13.0. The number of benzene rings is 3. The quantitative estimate of drug-likeness (QED) is 0.266. The van der Waals surface area contributed by atoms with Crippen LogP contribution in [-0.4, -0.2) is 37.7 Å². The van der Waals surface area contributed by atoms with Gasteiger partial charge in [-0.2, -0.15) is 0 Å². The number of aromatic amines is 1. The molecule has 1 unspecified atom stereocenters. The number of fused-ring (bicyclic) bond motifs is 2. The van der Waals surface area contributed by atoms with Crippen LogP contribution < -0.4 is 14.8 Å². The molecule has 2 N–H and O–H groups in total. The maximum Gasteiger partial charge on any atom is 0.233 e. The van der Waals surface area contributed by atoms with Crippen LogP contribution in [0, 0.1) is 0 Å². The Kier molecular flexibility index (Phi) is 6.23. The Balaban J connectivity index is 1.26. The second kappa shape index (κ2) is 9.84. The predicted octanol–water partition coefficient (Wildman–Crippen LogP) is 5.59. The summed E-state index contributed by atoms with van der Waals surface area (Å²) in [5, 5.41) is 13.9. The van der Waals surface area contributed by atoms with Crippen LogP contribution in [0.2, 0.25) is 5.02 Å². The van der Waals surface area contributed by atoms with Gasteiger partial charge in [0, 0.05) is 39.9 Å². The van der Waals surface area contributed by atoms with Crippen molar-refractivity contribution in [1.29, 1.82) is 0 Å². The third-order valence-electron chi connectivity index (χ3n) is 6.10. The molecule has 1 aliphatic heterocycles. The number of hydrogen-bond donors (Lipinski definition) is 2. The molecular weight excluding hydrogens is 510 g/mol. The van der Waals surface area contributed by atoms with E-state index < -0.39 is 5.25 Å². The number of ether oxygens (including phenoxy) is 2. The van der Waals surface area contributed by atoms with Crippen LogP contribution in [-0.2, 0) is 11.3 Å². The summed E-state index contributed by atoms with van der Waals surface area (Å²) in [5.74, 6) is 1.97. The van der Waals surface area contributed by atoms with Gasteiger partial charge in [0.1, 0.15) is 0 Å². The number of aromatic nitrogens is 4. The number of rotatable bonds is 7. The molecule has 186 valence electrons. The lowest BCUT2D eigenvalue weighted by atomic mass is 10.1. The Bertz CT molecular complexity index is 1600. The normalized spacial score (nSPS) is 13.1. The van der Waals surface area contributed by atoms with Gasteiger partial charge in [0.25, 0.3) is 0 Å². The number of nitrogens with zero attached hydrogens (tertiary/aromatic N) is 3. The lowest BCUT2D eigenvalue weighted by Gasteiger charge is -2.14. The number of hydrogen-bond acceptors (Lipinski definition) is 6. The number of carbonyl (C=O) groups is 1. The van der Waals surface area contributed by atoms with Gasteiger partial charge in [-0.3, -0.25) is 9.36 Å². The Labute approximate surface area is 222 Å². The van der Waals surface area contributed by atoms with E-state index in [0.717, 1.165) is 27.7 Å². The fraction of sp³-hybridized carbons (Fsp3) is 0.148.